The van der Waals surface area contributed by atoms with Gasteiger partial charge >= 0.3 is 0 Å². The van der Waals surface area contributed by atoms with Crippen LogP contribution in [0.4, 0.5) is 0 Å². The largest absolute Gasteiger partial charge is 0.507 e. The molecule has 0 aliphatic carbocycles. The number of ether oxygens (including phenoxy) is 2. The molecule has 1 aromatic carbocycles. The van der Waals surface area contributed by atoms with E-state index in [9.17, 15) is 5.11 Å². The molecule has 15 heavy (non-hydrogen) atoms. The average Bonchev–Trinajstić information content (AvgIpc) is 2.15. The van der Waals surface area contributed by atoms with Crippen LogP contribution in [0.1, 0.15) is 19.4 Å². The van der Waals surface area contributed by atoms with Crippen LogP contribution in [-0.4, -0.2) is 18.3 Å². The van der Waals surface area contributed by atoms with Gasteiger partial charge in [-0.05, 0) is 19.9 Å². The minimum absolute atomic E-state index is 0.145. The molecule has 0 saturated heterocycles. The molecule has 1 aromatic rings. The molecule has 1 heterocycles. The Kier molecular flexibility index (Phi) is 2.23. The second-order valence-corrected chi connectivity index (χ2v) is 4.23. The van der Waals surface area contributed by atoms with Crippen LogP contribution in [0.25, 0.3) is 0 Å². The van der Waals surface area contributed by atoms with Gasteiger partial charge in [-0.3, -0.25) is 0 Å². The average molecular weight is 209 g/mol. The first-order valence-electron chi connectivity index (χ1n) is 4.90. The van der Waals surface area contributed by atoms with Crippen molar-refractivity contribution in [3.63, 3.8) is 0 Å². The van der Waals surface area contributed by atoms with Gasteiger partial charge in [0.05, 0.1) is 0 Å². The first-order valence-corrected chi connectivity index (χ1v) is 4.90. The normalized spacial score (nSPS) is 15.1. The maximum absolute atomic E-state index is 9.79. The van der Waals surface area contributed by atoms with Gasteiger partial charge in [0.1, 0.15) is 19.0 Å². The number of hydrogen-bond acceptors (Lipinski definition) is 4. The number of rotatable bonds is 1. The number of phenolic OH excluding ortho intramolecular Hbond substituents is 1. The van der Waals surface area contributed by atoms with Crippen molar-refractivity contribution >= 4 is 0 Å². The fourth-order valence-corrected chi connectivity index (χ4v) is 1.59. The monoisotopic (exact) mass is 209 g/mol. The third-order valence-electron chi connectivity index (χ3n) is 2.35. The smallest absolute Gasteiger partial charge is 0.165 e. The lowest BCUT2D eigenvalue weighted by molar-refractivity contribution is 0.170. The van der Waals surface area contributed by atoms with E-state index in [-0.39, 0.29) is 5.75 Å². The van der Waals surface area contributed by atoms with Gasteiger partial charge in [-0.2, -0.15) is 0 Å². The predicted molar refractivity (Wildman–Crippen MR) is 56.3 cm³/mol. The van der Waals surface area contributed by atoms with E-state index in [0.29, 0.717) is 30.3 Å². The molecule has 4 nitrogen and oxygen atoms in total. The summed E-state index contributed by atoms with van der Waals surface area (Å²) in [7, 11) is 0. The molecular weight excluding hydrogens is 194 g/mol. The summed E-state index contributed by atoms with van der Waals surface area (Å²) in [6.45, 7) is 4.70. The summed E-state index contributed by atoms with van der Waals surface area (Å²) in [6, 6.07) is 3.29. The number of phenols is 1. The van der Waals surface area contributed by atoms with Crippen LogP contribution in [0.5, 0.6) is 17.2 Å². The van der Waals surface area contributed by atoms with E-state index in [1.165, 1.54) is 0 Å². The summed E-state index contributed by atoms with van der Waals surface area (Å²) < 4.78 is 10.8. The highest BCUT2D eigenvalue weighted by molar-refractivity contribution is 5.52. The quantitative estimate of drug-likeness (QED) is 0.733. The second-order valence-electron chi connectivity index (χ2n) is 4.23. The van der Waals surface area contributed by atoms with Gasteiger partial charge in [0, 0.05) is 17.2 Å². The molecule has 3 N–H and O–H groups in total. The standard InChI is InChI=1S/C11H15NO3/c1-11(2,12)7-5-9-10(6-8(7)13)15-4-3-14-9/h5-6,13H,3-4,12H2,1-2H3. The van der Waals surface area contributed by atoms with Crippen LogP contribution in [-0.2, 0) is 5.54 Å². The van der Waals surface area contributed by atoms with Crippen molar-refractivity contribution in [2.75, 3.05) is 13.2 Å². The summed E-state index contributed by atoms with van der Waals surface area (Å²) in [4.78, 5) is 0. The highest BCUT2D eigenvalue weighted by Gasteiger charge is 2.23. The molecule has 0 spiro atoms. The molecule has 82 valence electrons. The lowest BCUT2D eigenvalue weighted by atomic mass is 9.94. The van der Waals surface area contributed by atoms with Gasteiger partial charge in [0.15, 0.2) is 11.5 Å². The molecule has 0 bridgehead atoms. The Morgan fingerprint density at radius 3 is 2.27 bits per heavy atom. The van der Waals surface area contributed by atoms with E-state index in [1.807, 2.05) is 13.8 Å². The molecule has 0 aromatic heterocycles. The van der Waals surface area contributed by atoms with Crippen LogP contribution < -0.4 is 15.2 Å². The molecule has 4 heteroatoms. The Bertz CT molecular complexity index is 382. The number of fused-ring (bicyclic) bond motifs is 1. The molecule has 0 amide bonds. The van der Waals surface area contributed by atoms with Crippen molar-refractivity contribution in [3.8, 4) is 17.2 Å². The van der Waals surface area contributed by atoms with E-state index in [1.54, 1.807) is 12.1 Å². The Morgan fingerprint density at radius 2 is 1.73 bits per heavy atom. The Labute approximate surface area is 88.6 Å². The Balaban J connectivity index is 2.50. The fourth-order valence-electron chi connectivity index (χ4n) is 1.59. The third kappa shape index (κ3) is 1.85. The minimum Gasteiger partial charge on any atom is -0.507 e. The molecule has 0 fully saturated rings. The molecular formula is C11H15NO3. The first kappa shape index (κ1) is 10.1. The SMILES string of the molecule is CC(C)(N)c1cc2c(cc1O)OCCO2. The fraction of sp³-hybridized carbons (Fsp3) is 0.455. The predicted octanol–water partition coefficient (Wildman–Crippen LogP) is 1.36. The van der Waals surface area contributed by atoms with Crippen molar-refractivity contribution < 1.29 is 14.6 Å². The number of hydrogen-bond donors (Lipinski definition) is 2. The second kappa shape index (κ2) is 3.31. The molecule has 0 atom stereocenters. The van der Waals surface area contributed by atoms with Crippen LogP contribution in [0.2, 0.25) is 0 Å². The molecule has 1 aliphatic heterocycles. The number of benzene rings is 1. The zero-order valence-electron chi connectivity index (χ0n) is 8.91. The van der Waals surface area contributed by atoms with Crippen LogP contribution >= 0.6 is 0 Å². The van der Waals surface area contributed by atoms with Gasteiger partial charge in [0.25, 0.3) is 0 Å². The van der Waals surface area contributed by atoms with Crippen molar-refractivity contribution in [3.05, 3.63) is 17.7 Å². The zero-order valence-corrected chi connectivity index (χ0v) is 8.91. The highest BCUT2D eigenvalue weighted by Crippen LogP contribution is 2.39. The lowest BCUT2D eigenvalue weighted by Gasteiger charge is -2.24. The maximum atomic E-state index is 9.79. The van der Waals surface area contributed by atoms with Crippen LogP contribution in [0.3, 0.4) is 0 Å². The lowest BCUT2D eigenvalue weighted by Crippen LogP contribution is -2.29. The van der Waals surface area contributed by atoms with Gasteiger partial charge in [0.2, 0.25) is 0 Å². The molecule has 1 aliphatic rings. The van der Waals surface area contributed by atoms with Crippen molar-refractivity contribution in [2.45, 2.75) is 19.4 Å². The zero-order chi connectivity index (χ0) is 11.1. The van der Waals surface area contributed by atoms with Crippen molar-refractivity contribution in [1.82, 2.24) is 0 Å². The van der Waals surface area contributed by atoms with E-state index in [0.717, 1.165) is 0 Å². The van der Waals surface area contributed by atoms with E-state index in [4.69, 9.17) is 15.2 Å². The summed E-state index contributed by atoms with van der Waals surface area (Å²) in [5.41, 5.74) is 6.00. The summed E-state index contributed by atoms with van der Waals surface area (Å²) >= 11 is 0. The maximum Gasteiger partial charge on any atom is 0.165 e. The highest BCUT2D eigenvalue weighted by atomic mass is 16.6. The van der Waals surface area contributed by atoms with Crippen LogP contribution in [0.15, 0.2) is 12.1 Å². The third-order valence-corrected chi connectivity index (χ3v) is 2.35. The molecule has 2 rings (SSSR count). The molecule has 0 saturated carbocycles. The summed E-state index contributed by atoms with van der Waals surface area (Å²) in [5, 5.41) is 9.79. The van der Waals surface area contributed by atoms with Crippen molar-refractivity contribution in [1.29, 1.82) is 0 Å². The Morgan fingerprint density at radius 1 is 1.20 bits per heavy atom. The van der Waals surface area contributed by atoms with Crippen LogP contribution in [0, 0.1) is 0 Å². The van der Waals surface area contributed by atoms with Gasteiger partial charge < -0.3 is 20.3 Å². The topological polar surface area (TPSA) is 64.7 Å². The van der Waals surface area contributed by atoms with Crippen molar-refractivity contribution in [2.24, 2.45) is 5.73 Å². The summed E-state index contributed by atoms with van der Waals surface area (Å²) in [5.74, 6) is 1.37. The molecule has 0 radical (unpaired) electrons. The van der Waals surface area contributed by atoms with E-state index >= 15 is 0 Å². The van der Waals surface area contributed by atoms with Gasteiger partial charge in [-0.1, -0.05) is 0 Å². The van der Waals surface area contributed by atoms with Gasteiger partial charge in [-0.25, -0.2) is 0 Å². The Hall–Kier alpha value is -1.42. The first-order chi connectivity index (χ1) is 6.98. The summed E-state index contributed by atoms with van der Waals surface area (Å²) in [6.07, 6.45) is 0. The van der Waals surface area contributed by atoms with E-state index in [2.05, 4.69) is 0 Å². The number of aromatic hydroxyl groups is 1. The number of nitrogens with two attached hydrogens (primary N) is 1. The molecule has 0 unspecified atom stereocenters. The minimum atomic E-state index is -0.597. The van der Waals surface area contributed by atoms with Gasteiger partial charge in [-0.15, -0.1) is 0 Å². The van der Waals surface area contributed by atoms with E-state index < -0.39 is 5.54 Å².